The molecular weight excluding hydrogens is 390 g/mol. The molecule has 0 atom stereocenters. The number of halogens is 2. The standard InChI is InChI=1S/C23H28F2N2O3/c1-2-29-21-8-6-7-18-15-27(14-17-9-10-19(24)20(25)13-17)16-22(28)26-11-4-3-5-12-30-23(18)21/h6-10,13H,2-5,11-12,14-16H2,1H3,(H,26,28). The third kappa shape index (κ3) is 6.16. The Bertz CT molecular complexity index is 860. The maximum Gasteiger partial charge on any atom is 0.234 e. The summed E-state index contributed by atoms with van der Waals surface area (Å²) >= 11 is 0. The molecule has 2 aromatic rings. The van der Waals surface area contributed by atoms with Crippen LogP contribution in [0.3, 0.4) is 0 Å². The number of hydrogen-bond acceptors (Lipinski definition) is 4. The number of benzene rings is 2. The van der Waals surface area contributed by atoms with Crippen molar-refractivity contribution in [2.24, 2.45) is 0 Å². The predicted octanol–water partition coefficient (Wildman–Crippen LogP) is 4.04. The first-order valence-electron chi connectivity index (χ1n) is 10.4. The van der Waals surface area contributed by atoms with Crippen molar-refractivity contribution in [2.45, 2.75) is 39.3 Å². The van der Waals surface area contributed by atoms with Crippen molar-refractivity contribution in [1.29, 1.82) is 0 Å². The van der Waals surface area contributed by atoms with Gasteiger partial charge in [-0.15, -0.1) is 0 Å². The molecule has 0 saturated heterocycles. The van der Waals surface area contributed by atoms with Crippen LogP contribution < -0.4 is 14.8 Å². The molecule has 0 saturated carbocycles. The topological polar surface area (TPSA) is 50.8 Å². The number of rotatable bonds is 4. The van der Waals surface area contributed by atoms with E-state index in [0.29, 0.717) is 49.9 Å². The van der Waals surface area contributed by atoms with Crippen LogP contribution in [0.5, 0.6) is 11.5 Å². The van der Waals surface area contributed by atoms with Crippen molar-refractivity contribution in [1.82, 2.24) is 10.2 Å². The lowest BCUT2D eigenvalue weighted by Gasteiger charge is -2.24. The molecule has 7 heteroatoms. The average molecular weight is 418 g/mol. The minimum absolute atomic E-state index is 0.0970. The van der Waals surface area contributed by atoms with E-state index in [9.17, 15) is 13.6 Å². The van der Waals surface area contributed by atoms with Crippen molar-refractivity contribution in [3.8, 4) is 11.5 Å². The zero-order chi connectivity index (χ0) is 21.3. The highest BCUT2D eigenvalue weighted by atomic mass is 19.2. The molecule has 1 heterocycles. The van der Waals surface area contributed by atoms with Crippen molar-refractivity contribution in [3.63, 3.8) is 0 Å². The quantitative estimate of drug-likeness (QED) is 0.814. The summed E-state index contributed by atoms with van der Waals surface area (Å²) in [6, 6.07) is 9.51. The highest BCUT2D eigenvalue weighted by Gasteiger charge is 2.18. The Labute approximate surface area is 176 Å². The van der Waals surface area contributed by atoms with Crippen LogP contribution in [0.4, 0.5) is 8.78 Å². The summed E-state index contributed by atoms with van der Waals surface area (Å²) in [6.45, 7) is 4.44. The minimum Gasteiger partial charge on any atom is -0.490 e. The largest absolute Gasteiger partial charge is 0.490 e. The first kappa shape index (κ1) is 22.0. The smallest absolute Gasteiger partial charge is 0.234 e. The summed E-state index contributed by atoms with van der Waals surface area (Å²) in [5.41, 5.74) is 1.48. The van der Waals surface area contributed by atoms with Crippen LogP contribution in [-0.2, 0) is 17.9 Å². The second kappa shape index (κ2) is 10.9. The number of hydrogen-bond donors (Lipinski definition) is 1. The number of nitrogens with one attached hydrogen (secondary N) is 1. The molecule has 0 fully saturated rings. The van der Waals surface area contributed by atoms with Crippen LogP contribution >= 0.6 is 0 Å². The first-order valence-corrected chi connectivity index (χ1v) is 10.4. The van der Waals surface area contributed by atoms with Gasteiger partial charge in [0.25, 0.3) is 0 Å². The highest BCUT2D eigenvalue weighted by molar-refractivity contribution is 5.78. The molecule has 0 spiro atoms. The zero-order valence-electron chi connectivity index (χ0n) is 17.3. The van der Waals surface area contributed by atoms with Gasteiger partial charge in [0, 0.05) is 25.2 Å². The molecule has 0 bridgehead atoms. The van der Waals surface area contributed by atoms with E-state index in [-0.39, 0.29) is 12.5 Å². The van der Waals surface area contributed by atoms with Gasteiger partial charge < -0.3 is 14.8 Å². The van der Waals surface area contributed by atoms with Crippen LogP contribution in [-0.4, -0.2) is 37.1 Å². The zero-order valence-corrected chi connectivity index (χ0v) is 17.3. The van der Waals surface area contributed by atoms with Crippen LogP contribution in [0, 0.1) is 11.6 Å². The number of amides is 1. The first-order chi connectivity index (χ1) is 14.6. The minimum atomic E-state index is -0.898. The Hall–Kier alpha value is -2.67. The Morgan fingerprint density at radius 3 is 2.77 bits per heavy atom. The average Bonchev–Trinajstić information content (AvgIpc) is 2.72. The maximum absolute atomic E-state index is 13.7. The van der Waals surface area contributed by atoms with E-state index < -0.39 is 11.6 Å². The normalized spacial score (nSPS) is 16.3. The van der Waals surface area contributed by atoms with Gasteiger partial charge in [-0.3, -0.25) is 9.69 Å². The van der Waals surface area contributed by atoms with Gasteiger partial charge in [-0.05, 0) is 49.9 Å². The molecule has 30 heavy (non-hydrogen) atoms. The van der Waals surface area contributed by atoms with E-state index in [1.807, 2.05) is 30.0 Å². The second-order valence-electron chi connectivity index (χ2n) is 7.33. The summed E-state index contributed by atoms with van der Waals surface area (Å²) in [4.78, 5) is 14.3. The van der Waals surface area contributed by atoms with Crippen molar-refractivity contribution in [3.05, 3.63) is 59.2 Å². The van der Waals surface area contributed by atoms with E-state index in [2.05, 4.69) is 5.32 Å². The molecule has 162 valence electrons. The van der Waals surface area contributed by atoms with Crippen LogP contribution in [0.25, 0.3) is 0 Å². The van der Waals surface area contributed by atoms with Gasteiger partial charge in [0.15, 0.2) is 23.1 Å². The number of carbonyl (C=O) groups excluding carboxylic acids is 1. The fourth-order valence-electron chi connectivity index (χ4n) is 3.49. The number of fused-ring (bicyclic) bond motifs is 1. The Balaban J connectivity index is 1.89. The highest BCUT2D eigenvalue weighted by Crippen LogP contribution is 2.33. The Morgan fingerprint density at radius 2 is 1.97 bits per heavy atom. The van der Waals surface area contributed by atoms with Gasteiger partial charge in [0.1, 0.15) is 0 Å². The fourth-order valence-corrected chi connectivity index (χ4v) is 3.49. The maximum atomic E-state index is 13.7. The third-order valence-corrected chi connectivity index (χ3v) is 4.90. The fraction of sp³-hybridized carbons (Fsp3) is 0.435. The molecule has 1 aliphatic rings. The SMILES string of the molecule is CCOc1cccc2c1OCCCCCNC(=O)CN(Cc1ccc(F)c(F)c1)C2. The molecule has 1 N–H and O–H groups in total. The lowest BCUT2D eigenvalue weighted by Crippen LogP contribution is -2.37. The molecule has 3 rings (SSSR count). The molecule has 0 aliphatic carbocycles. The van der Waals surface area contributed by atoms with E-state index in [4.69, 9.17) is 9.47 Å². The van der Waals surface area contributed by atoms with Gasteiger partial charge >= 0.3 is 0 Å². The lowest BCUT2D eigenvalue weighted by molar-refractivity contribution is -0.122. The molecule has 1 amide bonds. The Kier molecular flexibility index (Phi) is 8.02. The van der Waals surface area contributed by atoms with Crippen LogP contribution in [0.2, 0.25) is 0 Å². The van der Waals surface area contributed by atoms with Crippen LogP contribution in [0.1, 0.15) is 37.3 Å². The predicted molar refractivity (Wildman–Crippen MR) is 110 cm³/mol. The summed E-state index contributed by atoms with van der Waals surface area (Å²) in [6.07, 6.45) is 2.71. The second-order valence-corrected chi connectivity index (χ2v) is 7.33. The molecule has 0 unspecified atom stereocenters. The third-order valence-electron chi connectivity index (χ3n) is 4.90. The molecule has 2 aromatic carbocycles. The number of ether oxygens (including phenoxy) is 2. The van der Waals surface area contributed by atoms with Gasteiger partial charge in [-0.1, -0.05) is 18.2 Å². The molecule has 0 aromatic heterocycles. The summed E-state index contributed by atoms with van der Waals surface area (Å²) in [5, 5.41) is 2.93. The van der Waals surface area contributed by atoms with Gasteiger partial charge in [-0.2, -0.15) is 0 Å². The van der Waals surface area contributed by atoms with Crippen molar-refractivity contribution < 1.29 is 23.0 Å². The summed E-state index contributed by atoms with van der Waals surface area (Å²) < 4.78 is 38.8. The molecular formula is C23H28F2N2O3. The Morgan fingerprint density at radius 1 is 1.10 bits per heavy atom. The molecule has 1 aliphatic heterocycles. The van der Waals surface area contributed by atoms with Gasteiger partial charge in [-0.25, -0.2) is 8.78 Å². The monoisotopic (exact) mass is 418 g/mol. The van der Waals surface area contributed by atoms with E-state index >= 15 is 0 Å². The van der Waals surface area contributed by atoms with Crippen molar-refractivity contribution in [2.75, 3.05) is 26.3 Å². The lowest BCUT2D eigenvalue weighted by atomic mass is 10.1. The van der Waals surface area contributed by atoms with Gasteiger partial charge in [0.2, 0.25) is 5.91 Å². The van der Waals surface area contributed by atoms with Gasteiger partial charge in [0.05, 0.1) is 19.8 Å². The summed E-state index contributed by atoms with van der Waals surface area (Å²) in [5.74, 6) is -0.539. The number of para-hydroxylation sites is 1. The van der Waals surface area contributed by atoms with E-state index in [1.54, 1.807) is 0 Å². The van der Waals surface area contributed by atoms with E-state index in [1.165, 1.54) is 12.1 Å². The number of nitrogens with zero attached hydrogens (tertiary/aromatic N) is 1. The van der Waals surface area contributed by atoms with Crippen LogP contribution in [0.15, 0.2) is 36.4 Å². The molecule has 5 nitrogen and oxygen atoms in total. The molecule has 0 radical (unpaired) electrons. The van der Waals surface area contributed by atoms with Crippen molar-refractivity contribution >= 4 is 5.91 Å². The van der Waals surface area contributed by atoms with E-state index in [0.717, 1.165) is 30.9 Å². The summed E-state index contributed by atoms with van der Waals surface area (Å²) in [7, 11) is 0. The number of carbonyl (C=O) groups is 1.